The van der Waals surface area contributed by atoms with E-state index >= 15 is 0 Å². The number of hydrogen-bond acceptors (Lipinski definition) is 5. The molecule has 1 unspecified atom stereocenters. The van der Waals surface area contributed by atoms with Gasteiger partial charge in [-0.3, -0.25) is 0 Å². The Morgan fingerprint density at radius 3 is 3.00 bits per heavy atom. The zero-order chi connectivity index (χ0) is 20.3. The molecule has 0 spiro atoms. The number of aromatic nitrogens is 1. The first-order valence-corrected chi connectivity index (χ1v) is 5.96. The highest BCUT2D eigenvalue weighted by molar-refractivity contribution is 5.08. The van der Waals surface area contributed by atoms with Crippen LogP contribution in [0.15, 0.2) is 24.4 Å². The molecule has 0 bridgehead atoms. The predicted molar refractivity (Wildman–Crippen MR) is 70.1 cm³/mol. The van der Waals surface area contributed by atoms with Crippen molar-refractivity contribution in [1.82, 2.24) is 4.98 Å². The summed E-state index contributed by atoms with van der Waals surface area (Å²) >= 11 is 0. The Hall–Kier alpha value is -1.17. The lowest BCUT2D eigenvalue weighted by Gasteiger charge is -2.22. The van der Waals surface area contributed by atoms with Gasteiger partial charge < -0.3 is 18.9 Å². The van der Waals surface area contributed by atoms with Gasteiger partial charge >= 0.3 is 0 Å². The van der Waals surface area contributed by atoms with Gasteiger partial charge in [-0.15, -0.1) is 0 Å². The average molecular weight is 275 g/mol. The van der Waals surface area contributed by atoms with E-state index in [0.717, 1.165) is 6.42 Å². The van der Waals surface area contributed by atoms with E-state index in [-0.39, 0.29) is 5.88 Å². The van der Waals surface area contributed by atoms with Crippen LogP contribution in [-0.2, 0) is 14.2 Å². The Kier molecular flexibility index (Phi) is 3.27. The maximum absolute atomic E-state index is 7.79. The van der Waals surface area contributed by atoms with Crippen molar-refractivity contribution in [3.63, 3.8) is 0 Å². The highest BCUT2D eigenvalue weighted by Gasteiger charge is 2.13. The van der Waals surface area contributed by atoms with Crippen molar-refractivity contribution in [1.29, 1.82) is 0 Å². The molecule has 1 saturated heterocycles. The standard InChI is InChI=1S/C14H21NO4/c1-3-7-15-13(5-1)17-11-9-16-10-12-19-14-6-2-4-8-18-14/h1,3,5,7,14H,2,4,6,8-12H2/i9D2,10D2,11D2,12D2. The van der Waals surface area contributed by atoms with E-state index in [4.69, 9.17) is 25.2 Å². The van der Waals surface area contributed by atoms with E-state index in [2.05, 4.69) is 9.72 Å². The summed E-state index contributed by atoms with van der Waals surface area (Å²) in [6.45, 7) is -12.7. The van der Waals surface area contributed by atoms with E-state index in [1.165, 1.54) is 18.3 Å². The molecule has 5 heteroatoms. The van der Waals surface area contributed by atoms with Crippen LogP contribution in [0.4, 0.5) is 0 Å². The predicted octanol–water partition coefficient (Wildman–Crippen LogP) is 2.02. The fraction of sp³-hybridized carbons (Fsp3) is 0.643. The van der Waals surface area contributed by atoms with Gasteiger partial charge in [0.25, 0.3) is 0 Å². The molecule has 1 atom stereocenters. The summed E-state index contributed by atoms with van der Waals surface area (Å²) < 4.78 is 81.7. The first-order chi connectivity index (χ1) is 12.4. The lowest BCUT2D eigenvalue weighted by molar-refractivity contribution is -0.169. The minimum atomic E-state index is -3.38. The maximum Gasteiger partial charge on any atom is 0.213 e. The molecule has 0 radical (unpaired) electrons. The third-order valence-corrected chi connectivity index (χ3v) is 2.31. The second-order valence-corrected chi connectivity index (χ2v) is 3.69. The van der Waals surface area contributed by atoms with Gasteiger partial charge in [0.1, 0.15) is 6.56 Å². The molecule has 1 aromatic rings. The molecule has 1 aromatic heterocycles. The van der Waals surface area contributed by atoms with Gasteiger partial charge in [0.15, 0.2) is 6.29 Å². The van der Waals surface area contributed by atoms with Gasteiger partial charge in [0.05, 0.1) is 30.6 Å². The Balaban J connectivity index is 2.10. The van der Waals surface area contributed by atoms with Crippen molar-refractivity contribution in [2.75, 3.05) is 32.8 Å². The van der Waals surface area contributed by atoms with Crippen LogP contribution in [0, 0.1) is 0 Å². The van der Waals surface area contributed by atoms with Crippen LogP contribution >= 0.6 is 0 Å². The molecule has 1 fully saturated rings. The third-order valence-electron chi connectivity index (χ3n) is 2.31. The Bertz CT molecular complexity index is 610. The maximum atomic E-state index is 7.79. The first kappa shape index (κ1) is 7.02. The molecule has 0 aliphatic carbocycles. The van der Waals surface area contributed by atoms with Crippen molar-refractivity contribution in [2.45, 2.75) is 25.6 Å². The molecule has 0 N–H and O–H groups in total. The summed E-state index contributed by atoms with van der Waals surface area (Å²) in [6, 6.07) is 4.32. The fourth-order valence-corrected chi connectivity index (χ4v) is 1.44. The van der Waals surface area contributed by atoms with Crippen LogP contribution in [0.1, 0.15) is 30.2 Å². The number of pyridine rings is 1. The monoisotopic (exact) mass is 275 g/mol. The lowest BCUT2D eigenvalue weighted by atomic mass is 10.2. The van der Waals surface area contributed by atoms with Gasteiger partial charge in [0, 0.05) is 18.9 Å². The minimum Gasteiger partial charge on any atom is -0.475 e. The normalized spacial score (nSPS) is 28.5. The van der Waals surface area contributed by atoms with Crippen LogP contribution < -0.4 is 4.74 Å². The Morgan fingerprint density at radius 1 is 1.26 bits per heavy atom. The number of ether oxygens (including phenoxy) is 4. The molecule has 0 aromatic carbocycles. The molecular formula is C14H21NO4. The molecule has 5 nitrogen and oxygen atoms in total. The summed E-state index contributed by atoms with van der Waals surface area (Å²) in [6.07, 6.45) is 2.15. The summed E-state index contributed by atoms with van der Waals surface area (Å²) in [5.41, 5.74) is 0. The van der Waals surface area contributed by atoms with E-state index in [9.17, 15) is 0 Å². The Labute approximate surface area is 125 Å². The minimum absolute atomic E-state index is 0.245. The highest BCUT2D eigenvalue weighted by Crippen LogP contribution is 2.13. The van der Waals surface area contributed by atoms with Crippen LogP contribution in [0.25, 0.3) is 0 Å². The van der Waals surface area contributed by atoms with Crippen LogP contribution in [-0.4, -0.2) is 44.1 Å². The summed E-state index contributed by atoms with van der Waals surface area (Å²) in [5.74, 6) is -0.245. The van der Waals surface area contributed by atoms with Gasteiger partial charge in [-0.25, -0.2) is 4.98 Å². The zero-order valence-corrected chi connectivity index (χ0v) is 10.3. The second-order valence-electron chi connectivity index (χ2n) is 3.69. The summed E-state index contributed by atoms with van der Waals surface area (Å²) in [7, 11) is 0. The summed E-state index contributed by atoms with van der Waals surface area (Å²) in [5, 5.41) is 0. The van der Waals surface area contributed by atoms with E-state index in [0.29, 0.717) is 19.4 Å². The quantitative estimate of drug-likeness (QED) is 0.726. The molecule has 0 amide bonds. The van der Waals surface area contributed by atoms with Crippen LogP contribution in [0.2, 0.25) is 0 Å². The molecule has 19 heavy (non-hydrogen) atoms. The van der Waals surface area contributed by atoms with Gasteiger partial charge in [-0.2, -0.15) is 0 Å². The second kappa shape index (κ2) is 8.85. The number of rotatable bonds is 8. The molecule has 2 rings (SSSR count). The number of hydrogen-bond donors (Lipinski definition) is 0. The molecule has 106 valence electrons. The molecule has 0 saturated carbocycles. The number of nitrogens with zero attached hydrogens (tertiary/aromatic N) is 1. The van der Waals surface area contributed by atoms with E-state index < -0.39 is 32.5 Å². The fourth-order valence-electron chi connectivity index (χ4n) is 1.44. The molecule has 1 aliphatic heterocycles. The van der Waals surface area contributed by atoms with Crippen molar-refractivity contribution in [3.8, 4) is 5.88 Å². The van der Waals surface area contributed by atoms with Crippen molar-refractivity contribution in [2.24, 2.45) is 0 Å². The van der Waals surface area contributed by atoms with Gasteiger partial charge in [0.2, 0.25) is 5.88 Å². The largest absolute Gasteiger partial charge is 0.475 e. The highest BCUT2D eigenvalue weighted by atomic mass is 16.7. The molecule has 2 heterocycles. The SMILES string of the molecule is [2H]C([2H])(Oc1ccccn1)C([2H])([2H])OC([2H])([2H])C([2H])([2H])OC1CCCCO1. The van der Waals surface area contributed by atoms with Crippen molar-refractivity contribution < 1.29 is 29.9 Å². The average Bonchev–Trinajstić information content (AvgIpc) is 2.54. The zero-order valence-electron chi connectivity index (χ0n) is 18.3. The first-order valence-electron chi connectivity index (χ1n) is 9.96. The Morgan fingerprint density at radius 2 is 2.21 bits per heavy atom. The van der Waals surface area contributed by atoms with Crippen molar-refractivity contribution in [3.05, 3.63) is 24.4 Å². The smallest absolute Gasteiger partial charge is 0.213 e. The van der Waals surface area contributed by atoms with Crippen molar-refractivity contribution >= 4 is 0 Å². The molecule has 1 aliphatic rings. The van der Waals surface area contributed by atoms with Crippen LogP contribution in [0.5, 0.6) is 5.88 Å². The van der Waals surface area contributed by atoms with E-state index in [1.54, 1.807) is 6.07 Å². The lowest BCUT2D eigenvalue weighted by Crippen LogP contribution is -2.24. The topological polar surface area (TPSA) is 49.8 Å². The molecular weight excluding hydrogens is 246 g/mol. The van der Waals surface area contributed by atoms with Gasteiger partial charge in [-0.05, 0) is 25.3 Å². The van der Waals surface area contributed by atoms with E-state index in [1.807, 2.05) is 0 Å². The third kappa shape index (κ3) is 6.00. The summed E-state index contributed by atoms with van der Waals surface area (Å²) in [4.78, 5) is 3.71. The van der Waals surface area contributed by atoms with Crippen LogP contribution in [0.3, 0.4) is 0 Å². The van der Waals surface area contributed by atoms with Gasteiger partial charge in [-0.1, -0.05) is 6.07 Å².